The van der Waals surface area contributed by atoms with E-state index in [4.69, 9.17) is 9.47 Å². The molecule has 1 aliphatic heterocycles. The largest absolute Gasteiger partial charge is 0.472 e. The fraction of sp³-hybridized carbons (Fsp3) is 0.688. The molecule has 0 bridgehead atoms. The Kier molecular flexibility index (Phi) is 4.89. The van der Waals surface area contributed by atoms with E-state index in [-0.39, 0.29) is 29.9 Å². The van der Waals surface area contributed by atoms with E-state index in [1.165, 1.54) is 0 Å². The highest BCUT2D eigenvalue weighted by Crippen LogP contribution is 2.34. The number of hydrogen-bond acceptors (Lipinski definition) is 5. The molecule has 6 nitrogen and oxygen atoms in total. The van der Waals surface area contributed by atoms with Crippen LogP contribution in [-0.2, 0) is 14.8 Å². The lowest BCUT2D eigenvalue weighted by Gasteiger charge is -2.38. The summed E-state index contributed by atoms with van der Waals surface area (Å²) in [5.41, 5.74) is 0. The number of ether oxygens (including phenoxy) is 2. The smallest absolute Gasteiger partial charge is 0.214 e. The Morgan fingerprint density at radius 2 is 2.22 bits per heavy atom. The van der Waals surface area contributed by atoms with E-state index in [2.05, 4.69) is 4.98 Å². The molecule has 1 saturated heterocycles. The molecule has 0 unspecified atom stereocenters. The third kappa shape index (κ3) is 3.67. The summed E-state index contributed by atoms with van der Waals surface area (Å²) in [7, 11) is -3.25. The number of morpholine rings is 1. The minimum atomic E-state index is -3.25. The van der Waals surface area contributed by atoms with E-state index in [1.54, 1.807) is 10.5 Å². The zero-order valence-electron chi connectivity index (χ0n) is 13.6. The molecule has 1 aliphatic carbocycles. The zero-order chi connectivity index (χ0) is 16.4. The maximum absolute atomic E-state index is 12.6. The number of fused-ring (bicyclic) bond motifs is 1. The average Bonchev–Trinajstić information content (AvgIpc) is 2.90. The molecule has 128 valence electrons. The van der Waals surface area contributed by atoms with Crippen molar-refractivity contribution in [3.05, 3.63) is 24.4 Å². The molecule has 23 heavy (non-hydrogen) atoms. The molecule has 7 heteroatoms. The average molecular weight is 340 g/mol. The Morgan fingerprint density at radius 3 is 2.91 bits per heavy atom. The van der Waals surface area contributed by atoms with Crippen LogP contribution in [0, 0.1) is 5.92 Å². The number of nitrogens with zero attached hydrogens (tertiary/aromatic N) is 2. The van der Waals surface area contributed by atoms with Crippen LogP contribution in [-0.4, -0.2) is 54.9 Å². The third-order valence-electron chi connectivity index (χ3n) is 4.30. The molecule has 0 amide bonds. The van der Waals surface area contributed by atoms with Crippen LogP contribution < -0.4 is 4.74 Å². The van der Waals surface area contributed by atoms with Crippen LogP contribution in [0.1, 0.15) is 26.7 Å². The minimum absolute atomic E-state index is 0.114. The van der Waals surface area contributed by atoms with Crippen molar-refractivity contribution in [1.82, 2.24) is 9.29 Å². The molecule has 0 spiro atoms. The molecule has 0 N–H and O–H groups in total. The van der Waals surface area contributed by atoms with Crippen LogP contribution in [0.4, 0.5) is 0 Å². The topological polar surface area (TPSA) is 68.7 Å². The van der Waals surface area contributed by atoms with Crippen LogP contribution in [0.2, 0.25) is 0 Å². The van der Waals surface area contributed by atoms with Crippen LogP contribution in [0.3, 0.4) is 0 Å². The van der Waals surface area contributed by atoms with Gasteiger partial charge in [-0.2, -0.15) is 4.31 Å². The first-order chi connectivity index (χ1) is 11.0. The Hall–Kier alpha value is -1.18. The van der Waals surface area contributed by atoms with Crippen LogP contribution >= 0.6 is 0 Å². The molecule has 3 atom stereocenters. The highest BCUT2D eigenvalue weighted by molar-refractivity contribution is 7.89. The van der Waals surface area contributed by atoms with Crippen molar-refractivity contribution < 1.29 is 17.9 Å². The van der Waals surface area contributed by atoms with E-state index in [9.17, 15) is 8.42 Å². The maximum Gasteiger partial charge on any atom is 0.214 e. The van der Waals surface area contributed by atoms with Crippen molar-refractivity contribution in [2.75, 3.05) is 18.9 Å². The summed E-state index contributed by atoms with van der Waals surface area (Å²) >= 11 is 0. The first-order valence-electron chi connectivity index (χ1n) is 8.16. The molecular formula is C16H24N2O4S. The van der Waals surface area contributed by atoms with Crippen LogP contribution in [0.25, 0.3) is 0 Å². The Morgan fingerprint density at radius 1 is 1.39 bits per heavy atom. The van der Waals surface area contributed by atoms with Crippen molar-refractivity contribution in [1.29, 1.82) is 0 Å². The minimum Gasteiger partial charge on any atom is -0.472 e. The predicted octanol–water partition coefficient (Wildman–Crippen LogP) is 1.68. The van der Waals surface area contributed by atoms with Crippen molar-refractivity contribution >= 4 is 10.0 Å². The second-order valence-corrected chi connectivity index (χ2v) is 8.55. The molecule has 1 aromatic heterocycles. The normalized spacial score (nSPS) is 28.7. The van der Waals surface area contributed by atoms with Crippen LogP contribution in [0.5, 0.6) is 5.88 Å². The number of sulfonamides is 1. The number of hydrogen-bond donors (Lipinski definition) is 0. The standard InChI is InChI=1S/C16H24N2O4S/c1-12(2)11-23(19,20)18-9-10-21-16-13(18)6-7-14(16)22-15-5-3-4-8-17-15/h3-5,8,12-14,16H,6-7,9-11H2,1-2H3/t13-,14+,16+/m0/s1. The van der Waals surface area contributed by atoms with Gasteiger partial charge >= 0.3 is 0 Å². The predicted molar refractivity (Wildman–Crippen MR) is 86.7 cm³/mol. The highest BCUT2D eigenvalue weighted by atomic mass is 32.2. The molecule has 2 heterocycles. The third-order valence-corrected chi connectivity index (χ3v) is 6.55. The monoisotopic (exact) mass is 340 g/mol. The first-order valence-corrected chi connectivity index (χ1v) is 9.77. The van der Waals surface area contributed by atoms with E-state index in [0.717, 1.165) is 12.8 Å². The second kappa shape index (κ2) is 6.75. The summed E-state index contributed by atoms with van der Waals surface area (Å²) in [5.74, 6) is 0.856. The van der Waals surface area contributed by atoms with Gasteiger partial charge in [0.05, 0.1) is 18.4 Å². The Balaban J connectivity index is 1.73. The van der Waals surface area contributed by atoms with Crippen molar-refractivity contribution in [2.45, 2.75) is 44.9 Å². The Labute approximate surface area is 137 Å². The zero-order valence-corrected chi connectivity index (χ0v) is 14.4. The van der Waals surface area contributed by atoms with E-state index >= 15 is 0 Å². The fourth-order valence-corrected chi connectivity index (χ4v) is 5.47. The van der Waals surface area contributed by atoms with Gasteiger partial charge in [0.15, 0.2) is 0 Å². The highest BCUT2D eigenvalue weighted by Gasteiger charge is 2.47. The van der Waals surface area contributed by atoms with Gasteiger partial charge < -0.3 is 9.47 Å². The summed E-state index contributed by atoms with van der Waals surface area (Å²) in [6.07, 6.45) is 2.86. The van der Waals surface area contributed by atoms with E-state index in [1.807, 2.05) is 32.0 Å². The molecule has 2 fully saturated rings. The first kappa shape index (κ1) is 16.7. The SMILES string of the molecule is CC(C)CS(=O)(=O)N1CCO[C@H]2[C@H](Oc3ccccn3)CC[C@@H]21. The number of rotatable bonds is 5. The van der Waals surface area contributed by atoms with Gasteiger partial charge in [-0.05, 0) is 24.8 Å². The maximum atomic E-state index is 12.6. The number of aromatic nitrogens is 1. The molecule has 0 aromatic carbocycles. The summed E-state index contributed by atoms with van der Waals surface area (Å²) in [5, 5.41) is 0. The van der Waals surface area contributed by atoms with E-state index < -0.39 is 10.0 Å². The second-order valence-electron chi connectivity index (χ2n) is 6.59. The van der Waals surface area contributed by atoms with Crippen molar-refractivity contribution in [3.8, 4) is 5.88 Å². The van der Waals surface area contributed by atoms with Gasteiger partial charge in [-0.15, -0.1) is 0 Å². The summed E-state index contributed by atoms with van der Waals surface area (Å²) in [6, 6.07) is 5.39. The van der Waals surface area contributed by atoms with Gasteiger partial charge in [-0.1, -0.05) is 19.9 Å². The number of pyridine rings is 1. The van der Waals surface area contributed by atoms with Crippen molar-refractivity contribution in [3.63, 3.8) is 0 Å². The molecule has 0 radical (unpaired) electrons. The lowest BCUT2D eigenvalue weighted by molar-refractivity contribution is -0.0668. The molecule has 1 aromatic rings. The van der Waals surface area contributed by atoms with Crippen LogP contribution in [0.15, 0.2) is 24.4 Å². The van der Waals surface area contributed by atoms with E-state index in [0.29, 0.717) is 19.0 Å². The summed E-state index contributed by atoms with van der Waals surface area (Å²) < 4.78 is 38.7. The molecule has 3 rings (SSSR count). The summed E-state index contributed by atoms with van der Waals surface area (Å²) in [4.78, 5) is 4.18. The van der Waals surface area contributed by atoms with Gasteiger partial charge in [0.25, 0.3) is 0 Å². The quantitative estimate of drug-likeness (QED) is 0.816. The molecule has 2 aliphatic rings. The van der Waals surface area contributed by atoms with Gasteiger partial charge in [0, 0.05) is 18.8 Å². The van der Waals surface area contributed by atoms with Gasteiger partial charge in [0.1, 0.15) is 12.2 Å². The van der Waals surface area contributed by atoms with Gasteiger partial charge in [-0.3, -0.25) is 0 Å². The lowest BCUT2D eigenvalue weighted by Crippen LogP contribution is -2.55. The molecular weight excluding hydrogens is 316 g/mol. The van der Waals surface area contributed by atoms with Crippen molar-refractivity contribution in [2.24, 2.45) is 5.92 Å². The Bertz CT molecular complexity index is 620. The lowest BCUT2D eigenvalue weighted by atomic mass is 10.1. The molecule has 1 saturated carbocycles. The fourth-order valence-electron chi connectivity index (χ4n) is 3.44. The summed E-state index contributed by atoms with van der Waals surface area (Å²) in [6.45, 7) is 4.71. The van der Waals surface area contributed by atoms with Gasteiger partial charge in [-0.25, -0.2) is 13.4 Å². The van der Waals surface area contributed by atoms with Gasteiger partial charge in [0.2, 0.25) is 15.9 Å².